The van der Waals surface area contributed by atoms with Crippen LogP contribution in [0.25, 0.3) is 22.2 Å². The number of ether oxygens (including phenoxy) is 1. The summed E-state index contributed by atoms with van der Waals surface area (Å²) in [5, 5.41) is 0.900. The third-order valence-corrected chi connectivity index (χ3v) is 4.91. The summed E-state index contributed by atoms with van der Waals surface area (Å²) < 4.78 is 20.9. The molecule has 1 aromatic heterocycles. The number of rotatable bonds is 3. The van der Waals surface area contributed by atoms with Gasteiger partial charge in [0.05, 0.1) is 24.4 Å². The van der Waals surface area contributed by atoms with Crippen LogP contribution in [0.5, 0.6) is 0 Å². The molecule has 3 aromatic rings. The maximum absolute atomic E-state index is 14.7. The Morgan fingerprint density at radius 1 is 1.08 bits per heavy atom. The molecule has 1 aliphatic heterocycles. The molecule has 2 aromatic carbocycles. The van der Waals surface area contributed by atoms with Crippen LogP contribution < -0.4 is 0 Å². The first-order valence-electron chi connectivity index (χ1n) is 8.20. The minimum atomic E-state index is -0.203. The standard InChI is InChI=1S/C19H17BrFN3O/c20-15-3-4-18-16(10-15)19(23-12-22-18)13-1-2-14(17(21)9-13)11-24-5-7-25-8-6-24/h1-4,9-10,12H,5-8,11H2. The van der Waals surface area contributed by atoms with E-state index in [-0.39, 0.29) is 5.82 Å². The summed E-state index contributed by atoms with van der Waals surface area (Å²) in [6.07, 6.45) is 1.52. The minimum Gasteiger partial charge on any atom is -0.379 e. The van der Waals surface area contributed by atoms with Crippen LogP contribution in [0.3, 0.4) is 0 Å². The summed E-state index contributed by atoms with van der Waals surface area (Å²) in [4.78, 5) is 10.9. The molecule has 0 N–H and O–H groups in total. The average molecular weight is 402 g/mol. The molecule has 0 unspecified atom stereocenters. The van der Waals surface area contributed by atoms with E-state index in [1.54, 1.807) is 6.07 Å². The number of morpholine rings is 1. The molecule has 6 heteroatoms. The van der Waals surface area contributed by atoms with E-state index in [4.69, 9.17) is 4.74 Å². The normalized spacial score (nSPS) is 15.6. The predicted octanol–water partition coefficient (Wildman–Crippen LogP) is 4.03. The van der Waals surface area contributed by atoms with Crippen LogP contribution in [0.1, 0.15) is 5.56 Å². The van der Waals surface area contributed by atoms with Crippen molar-refractivity contribution in [1.82, 2.24) is 14.9 Å². The third kappa shape index (κ3) is 3.56. The largest absolute Gasteiger partial charge is 0.379 e. The van der Waals surface area contributed by atoms with Crippen LogP contribution >= 0.6 is 15.9 Å². The second-order valence-corrected chi connectivity index (χ2v) is 6.99. The van der Waals surface area contributed by atoms with Crippen LogP contribution in [0.2, 0.25) is 0 Å². The van der Waals surface area contributed by atoms with Crippen molar-refractivity contribution in [3.63, 3.8) is 0 Å². The molecular formula is C19H17BrFN3O. The van der Waals surface area contributed by atoms with E-state index in [1.807, 2.05) is 30.3 Å². The highest BCUT2D eigenvalue weighted by atomic mass is 79.9. The Hall–Kier alpha value is -1.89. The number of fused-ring (bicyclic) bond motifs is 1. The van der Waals surface area contributed by atoms with Gasteiger partial charge in [0.25, 0.3) is 0 Å². The van der Waals surface area contributed by atoms with Gasteiger partial charge in [-0.3, -0.25) is 4.90 Å². The smallest absolute Gasteiger partial charge is 0.128 e. The summed E-state index contributed by atoms with van der Waals surface area (Å²) in [6, 6.07) is 11.2. The van der Waals surface area contributed by atoms with Gasteiger partial charge in [0, 0.05) is 40.6 Å². The number of benzene rings is 2. The molecule has 128 valence electrons. The number of aromatic nitrogens is 2. The minimum absolute atomic E-state index is 0.203. The molecule has 2 heterocycles. The van der Waals surface area contributed by atoms with E-state index in [1.165, 1.54) is 6.33 Å². The first kappa shape index (κ1) is 16.6. The molecule has 1 saturated heterocycles. The number of halogens is 2. The van der Waals surface area contributed by atoms with E-state index in [0.29, 0.717) is 25.3 Å². The molecule has 0 spiro atoms. The molecule has 4 rings (SSSR count). The quantitative estimate of drug-likeness (QED) is 0.663. The SMILES string of the molecule is Fc1cc(-c2ncnc3ccc(Br)cc23)ccc1CN1CCOCC1. The third-order valence-electron chi connectivity index (χ3n) is 4.42. The monoisotopic (exact) mass is 401 g/mol. The van der Waals surface area contributed by atoms with E-state index < -0.39 is 0 Å². The maximum atomic E-state index is 14.7. The lowest BCUT2D eigenvalue weighted by Gasteiger charge is -2.26. The summed E-state index contributed by atoms with van der Waals surface area (Å²) in [5.41, 5.74) is 3.04. The molecule has 25 heavy (non-hydrogen) atoms. The van der Waals surface area contributed by atoms with Crippen LogP contribution in [0.4, 0.5) is 4.39 Å². The second kappa shape index (κ2) is 7.15. The zero-order chi connectivity index (χ0) is 17.2. The van der Waals surface area contributed by atoms with Crippen molar-refractivity contribution in [2.75, 3.05) is 26.3 Å². The second-order valence-electron chi connectivity index (χ2n) is 6.08. The average Bonchev–Trinajstić information content (AvgIpc) is 2.64. The van der Waals surface area contributed by atoms with E-state index in [2.05, 4.69) is 30.8 Å². The topological polar surface area (TPSA) is 38.2 Å². The Bertz CT molecular complexity index is 912. The summed E-state index contributed by atoms with van der Waals surface area (Å²) in [7, 11) is 0. The van der Waals surface area contributed by atoms with Gasteiger partial charge in [-0.2, -0.15) is 0 Å². The lowest BCUT2D eigenvalue weighted by molar-refractivity contribution is 0.0337. The van der Waals surface area contributed by atoms with Gasteiger partial charge in [0.15, 0.2) is 0 Å². The van der Waals surface area contributed by atoms with Gasteiger partial charge in [-0.1, -0.05) is 28.1 Å². The van der Waals surface area contributed by atoms with Gasteiger partial charge in [0.1, 0.15) is 12.1 Å². The zero-order valence-corrected chi connectivity index (χ0v) is 15.2. The highest BCUT2D eigenvalue weighted by Crippen LogP contribution is 2.29. The lowest BCUT2D eigenvalue weighted by atomic mass is 10.0. The van der Waals surface area contributed by atoms with E-state index >= 15 is 0 Å². The van der Waals surface area contributed by atoms with Crippen molar-refractivity contribution in [3.8, 4) is 11.3 Å². The summed E-state index contributed by atoms with van der Waals surface area (Å²) in [5.74, 6) is -0.203. The fraction of sp³-hybridized carbons (Fsp3) is 0.263. The van der Waals surface area contributed by atoms with Crippen LogP contribution in [-0.2, 0) is 11.3 Å². The zero-order valence-electron chi connectivity index (χ0n) is 13.6. The molecule has 0 atom stereocenters. The fourth-order valence-electron chi connectivity index (χ4n) is 3.08. The molecule has 0 amide bonds. The van der Waals surface area contributed by atoms with Gasteiger partial charge >= 0.3 is 0 Å². The molecule has 1 fully saturated rings. The first-order valence-corrected chi connectivity index (χ1v) is 8.99. The van der Waals surface area contributed by atoms with E-state index in [0.717, 1.165) is 39.7 Å². The van der Waals surface area contributed by atoms with Crippen molar-refractivity contribution < 1.29 is 9.13 Å². The predicted molar refractivity (Wildman–Crippen MR) is 98.7 cm³/mol. The number of hydrogen-bond acceptors (Lipinski definition) is 4. The van der Waals surface area contributed by atoms with Gasteiger partial charge in [0.2, 0.25) is 0 Å². The highest BCUT2D eigenvalue weighted by Gasteiger charge is 2.15. The molecule has 0 saturated carbocycles. The van der Waals surface area contributed by atoms with Crippen LogP contribution in [0.15, 0.2) is 47.2 Å². The van der Waals surface area contributed by atoms with Gasteiger partial charge in [-0.05, 0) is 24.3 Å². The van der Waals surface area contributed by atoms with Crippen molar-refractivity contribution in [2.24, 2.45) is 0 Å². The number of hydrogen-bond donors (Lipinski definition) is 0. The van der Waals surface area contributed by atoms with Crippen LogP contribution in [0, 0.1) is 5.82 Å². The Kier molecular flexibility index (Phi) is 4.74. The molecule has 0 bridgehead atoms. The maximum Gasteiger partial charge on any atom is 0.128 e. The van der Waals surface area contributed by atoms with E-state index in [9.17, 15) is 4.39 Å². The molecule has 4 nitrogen and oxygen atoms in total. The van der Waals surface area contributed by atoms with Gasteiger partial charge in [-0.25, -0.2) is 14.4 Å². The van der Waals surface area contributed by atoms with Gasteiger partial charge in [-0.15, -0.1) is 0 Å². The van der Waals surface area contributed by atoms with Crippen molar-refractivity contribution in [1.29, 1.82) is 0 Å². The first-order chi connectivity index (χ1) is 12.2. The Morgan fingerprint density at radius 3 is 2.72 bits per heavy atom. The molecular weight excluding hydrogens is 385 g/mol. The fourth-order valence-corrected chi connectivity index (χ4v) is 3.44. The summed E-state index contributed by atoms with van der Waals surface area (Å²) in [6.45, 7) is 3.70. The van der Waals surface area contributed by atoms with Crippen molar-refractivity contribution in [2.45, 2.75) is 6.54 Å². The molecule has 0 aliphatic carbocycles. The lowest BCUT2D eigenvalue weighted by Crippen LogP contribution is -2.35. The Balaban J connectivity index is 1.67. The Morgan fingerprint density at radius 2 is 1.92 bits per heavy atom. The van der Waals surface area contributed by atoms with Crippen molar-refractivity contribution in [3.05, 3.63) is 58.6 Å². The molecule has 1 aliphatic rings. The Labute approximate surface area is 153 Å². The number of nitrogens with zero attached hydrogens (tertiary/aromatic N) is 3. The highest BCUT2D eigenvalue weighted by molar-refractivity contribution is 9.10. The van der Waals surface area contributed by atoms with Crippen LogP contribution in [-0.4, -0.2) is 41.2 Å². The van der Waals surface area contributed by atoms with Gasteiger partial charge < -0.3 is 4.74 Å². The summed E-state index contributed by atoms with van der Waals surface area (Å²) >= 11 is 3.48. The molecule has 0 radical (unpaired) electrons. The van der Waals surface area contributed by atoms with Crippen molar-refractivity contribution >= 4 is 26.8 Å².